The summed E-state index contributed by atoms with van der Waals surface area (Å²) in [6, 6.07) is 7.69. The molecule has 2 nitrogen and oxygen atoms in total. The second-order valence-electron chi connectivity index (χ2n) is 5.15. The Hall–Kier alpha value is -0.673. The van der Waals surface area contributed by atoms with Crippen LogP contribution in [0.2, 0.25) is 6.04 Å². The van der Waals surface area contributed by atoms with Crippen LogP contribution < -0.4 is 5.32 Å². The van der Waals surface area contributed by atoms with Crippen LogP contribution in [0, 0.1) is 5.92 Å². The summed E-state index contributed by atoms with van der Waals surface area (Å²) in [6.07, 6.45) is 10.0. The highest BCUT2D eigenvalue weighted by molar-refractivity contribution is 6.72. The van der Waals surface area contributed by atoms with Crippen LogP contribution in [0.5, 0.6) is 0 Å². The van der Waals surface area contributed by atoms with Gasteiger partial charge in [-0.25, -0.2) is 0 Å². The SMILES string of the molecule is COC[SiH](CC1CCCCC1)c1ccccn1. The maximum atomic E-state index is 5.42. The Kier molecular flexibility index (Phi) is 5.20. The van der Waals surface area contributed by atoms with Gasteiger partial charge in [-0.2, -0.15) is 0 Å². The highest BCUT2D eigenvalue weighted by Crippen LogP contribution is 2.27. The molecule has 1 atom stereocenters. The van der Waals surface area contributed by atoms with Gasteiger partial charge >= 0.3 is 0 Å². The molecule has 1 heterocycles. The van der Waals surface area contributed by atoms with Crippen molar-refractivity contribution in [3.8, 4) is 0 Å². The maximum Gasteiger partial charge on any atom is 0.124 e. The lowest BCUT2D eigenvalue weighted by Crippen LogP contribution is -2.39. The van der Waals surface area contributed by atoms with Gasteiger partial charge in [0.25, 0.3) is 0 Å². The number of ether oxygens (including phenoxy) is 1. The highest BCUT2D eigenvalue weighted by Gasteiger charge is 2.22. The summed E-state index contributed by atoms with van der Waals surface area (Å²) < 4.78 is 5.42. The number of hydrogen-bond donors (Lipinski definition) is 0. The molecule has 1 saturated carbocycles. The van der Waals surface area contributed by atoms with Crippen LogP contribution in [-0.4, -0.2) is 27.1 Å². The first-order chi connectivity index (χ1) is 8.40. The van der Waals surface area contributed by atoms with Crippen molar-refractivity contribution in [2.75, 3.05) is 13.3 Å². The molecule has 1 aliphatic carbocycles. The number of methoxy groups -OCH3 is 1. The monoisotopic (exact) mass is 249 g/mol. The van der Waals surface area contributed by atoms with Gasteiger partial charge in [-0.3, -0.25) is 4.98 Å². The average Bonchev–Trinajstić information content (AvgIpc) is 2.40. The van der Waals surface area contributed by atoms with Crippen molar-refractivity contribution in [1.82, 2.24) is 4.98 Å². The van der Waals surface area contributed by atoms with E-state index in [4.69, 9.17) is 4.74 Å². The largest absolute Gasteiger partial charge is 0.388 e. The summed E-state index contributed by atoms with van der Waals surface area (Å²) in [4.78, 5) is 4.54. The Bertz CT molecular complexity index is 311. The molecule has 2 rings (SSSR count). The summed E-state index contributed by atoms with van der Waals surface area (Å²) in [5.41, 5.74) is 0. The van der Waals surface area contributed by atoms with Crippen LogP contribution in [-0.2, 0) is 4.74 Å². The van der Waals surface area contributed by atoms with Crippen molar-refractivity contribution < 1.29 is 4.74 Å². The summed E-state index contributed by atoms with van der Waals surface area (Å²) >= 11 is 0. The van der Waals surface area contributed by atoms with Gasteiger partial charge in [0.15, 0.2) is 0 Å². The average molecular weight is 249 g/mol. The van der Waals surface area contributed by atoms with Gasteiger partial charge in [-0.1, -0.05) is 38.2 Å². The molecule has 0 aromatic carbocycles. The van der Waals surface area contributed by atoms with Gasteiger partial charge in [0.1, 0.15) is 8.80 Å². The molecule has 0 bridgehead atoms. The summed E-state index contributed by atoms with van der Waals surface area (Å²) in [7, 11) is 0.825. The lowest BCUT2D eigenvalue weighted by molar-refractivity contribution is 0.248. The van der Waals surface area contributed by atoms with Gasteiger partial charge in [-0.15, -0.1) is 0 Å². The van der Waals surface area contributed by atoms with Gasteiger partial charge < -0.3 is 4.74 Å². The zero-order chi connectivity index (χ0) is 11.9. The second kappa shape index (κ2) is 6.92. The van der Waals surface area contributed by atoms with E-state index in [0.717, 1.165) is 12.1 Å². The predicted molar refractivity (Wildman–Crippen MR) is 74.3 cm³/mol. The first-order valence-electron chi connectivity index (χ1n) is 6.80. The van der Waals surface area contributed by atoms with Gasteiger partial charge in [0, 0.05) is 24.9 Å². The molecule has 0 aliphatic heterocycles. The van der Waals surface area contributed by atoms with Gasteiger partial charge in [-0.05, 0) is 24.1 Å². The van der Waals surface area contributed by atoms with Crippen molar-refractivity contribution in [1.29, 1.82) is 0 Å². The van der Waals surface area contributed by atoms with Crippen LogP contribution >= 0.6 is 0 Å². The minimum atomic E-state index is -0.999. The van der Waals surface area contributed by atoms with Crippen molar-refractivity contribution in [2.24, 2.45) is 5.92 Å². The number of pyridine rings is 1. The van der Waals surface area contributed by atoms with Crippen molar-refractivity contribution in [2.45, 2.75) is 38.1 Å². The quantitative estimate of drug-likeness (QED) is 0.747. The van der Waals surface area contributed by atoms with E-state index in [0.29, 0.717) is 0 Å². The Labute approximate surface area is 106 Å². The number of aromatic nitrogens is 1. The molecule has 0 radical (unpaired) electrons. The first kappa shape index (κ1) is 12.8. The minimum Gasteiger partial charge on any atom is -0.388 e. The van der Waals surface area contributed by atoms with Gasteiger partial charge in [0.2, 0.25) is 0 Å². The van der Waals surface area contributed by atoms with Crippen LogP contribution in [0.4, 0.5) is 0 Å². The van der Waals surface area contributed by atoms with E-state index in [1.54, 1.807) is 0 Å². The van der Waals surface area contributed by atoms with Crippen molar-refractivity contribution in [3.63, 3.8) is 0 Å². The number of hydrogen-bond acceptors (Lipinski definition) is 2. The molecule has 0 N–H and O–H groups in total. The Morgan fingerprint density at radius 3 is 2.76 bits per heavy atom. The van der Waals surface area contributed by atoms with E-state index in [9.17, 15) is 0 Å². The summed E-state index contributed by atoms with van der Waals surface area (Å²) in [5, 5.41) is 1.33. The standard InChI is InChI=1S/C14H23NOSi/c1-16-12-17(14-9-5-6-10-15-14)11-13-7-3-2-4-8-13/h5-6,9-10,13,17H,2-4,7-8,11-12H2,1H3. The second-order valence-corrected chi connectivity index (χ2v) is 7.94. The van der Waals surface area contributed by atoms with E-state index < -0.39 is 8.80 Å². The third-order valence-corrected chi connectivity index (χ3v) is 6.97. The molecule has 0 saturated heterocycles. The molecule has 0 amide bonds. The molecular formula is C14H23NOSi. The Morgan fingerprint density at radius 2 is 2.12 bits per heavy atom. The predicted octanol–water partition coefficient (Wildman–Crippen LogP) is 2.28. The fraction of sp³-hybridized carbons (Fsp3) is 0.643. The molecule has 94 valence electrons. The maximum absolute atomic E-state index is 5.42. The lowest BCUT2D eigenvalue weighted by atomic mass is 9.91. The fourth-order valence-corrected chi connectivity index (χ4v) is 5.83. The van der Waals surface area contributed by atoms with E-state index in [-0.39, 0.29) is 0 Å². The Morgan fingerprint density at radius 1 is 1.29 bits per heavy atom. The van der Waals surface area contributed by atoms with Gasteiger partial charge in [0.05, 0.1) is 0 Å². The topological polar surface area (TPSA) is 22.1 Å². The fourth-order valence-electron chi connectivity index (χ4n) is 2.92. The van der Waals surface area contributed by atoms with E-state index >= 15 is 0 Å². The number of rotatable bonds is 5. The number of nitrogens with zero attached hydrogens (tertiary/aromatic N) is 1. The third kappa shape index (κ3) is 3.93. The third-order valence-electron chi connectivity index (χ3n) is 3.82. The molecule has 1 aromatic rings. The molecule has 17 heavy (non-hydrogen) atoms. The molecule has 0 spiro atoms. The minimum absolute atomic E-state index is 0.938. The highest BCUT2D eigenvalue weighted by atomic mass is 28.3. The smallest absolute Gasteiger partial charge is 0.124 e. The molecular weight excluding hydrogens is 226 g/mol. The van der Waals surface area contributed by atoms with Crippen molar-refractivity contribution >= 4 is 14.1 Å². The van der Waals surface area contributed by atoms with E-state index in [2.05, 4.69) is 17.1 Å². The first-order valence-corrected chi connectivity index (χ1v) is 9.01. The molecule has 1 fully saturated rings. The van der Waals surface area contributed by atoms with Crippen LogP contribution in [0.1, 0.15) is 32.1 Å². The lowest BCUT2D eigenvalue weighted by Gasteiger charge is -2.25. The van der Waals surface area contributed by atoms with Crippen molar-refractivity contribution in [3.05, 3.63) is 24.4 Å². The van der Waals surface area contributed by atoms with Crippen LogP contribution in [0.3, 0.4) is 0 Å². The molecule has 3 heteroatoms. The molecule has 1 aromatic heterocycles. The normalized spacial score (nSPS) is 19.1. The van der Waals surface area contributed by atoms with Crippen LogP contribution in [0.25, 0.3) is 0 Å². The van der Waals surface area contributed by atoms with E-state index in [1.807, 2.05) is 19.4 Å². The van der Waals surface area contributed by atoms with Crippen LogP contribution in [0.15, 0.2) is 24.4 Å². The zero-order valence-electron chi connectivity index (χ0n) is 10.8. The van der Waals surface area contributed by atoms with E-state index in [1.165, 1.54) is 43.5 Å². The zero-order valence-corrected chi connectivity index (χ0v) is 11.9. The summed E-state index contributed by atoms with van der Waals surface area (Å²) in [6.45, 7) is 0. The molecule has 1 unspecified atom stereocenters. The Balaban J connectivity index is 1.96. The summed E-state index contributed by atoms with van der Waals surface area (Å²) in [5.74, 6) is 0.942. The molecule has 1 aliphatic rings.